The fourth-order valence-corrected chi connectivity index (χ4v) is 1.13. The summed E-state index contributed by atoms with van der Waals surface area (Å²) in [4.78, 5) is 3.94. The van der Waals surface area contributed by atoms with Crippen LogP contribution in [0, 0.1) is 0 Å². The van der Waals surface area contributed by atoms with Crippen LogP contribution < -0.4 is 5.73 Å². The minimum atomic E-state index is 0.272. The molecule has 0 saturated heterocycles. The summed E-state index contributed by atoms with van der Waals surface area (Å²) in [7, 11) is 0. The van der Waals surface area contributed by atoms with Gasteiger partial charge in [0, 0.05) is 25.0 Å². The summed E-state index contributed by atoms with van der Waals surface area (Å²) in [5.41, 5.74) is 5.83. The van der Waals surface area contributed by atoms with Gasteiger partial charge < -0.3 is 10.3 Å². The molecule has 0 aliphatic carbocycles. The largest absolute Gasteiger partial charge is 0.336 e. The van der Waals surface area contributed by atoms with Crippen LogP contribution in [0.25, 0.3) is 0 Å². The van der Waals surface area contributed by atoms with Gasteiger partial charge in [-0.3, -0.25) is 0 Å². The van der Waals surface area contributed by atoms with Crippen molar-refractivity contribution in [2.45, 2.75) is 32.4 Å². The highest BCUT2D eigenvalue weighted by atomic mass is 15.0. The first-order valence-corrected chi connectivity index (χ1v) is 4.04. The zero-order chi connectivity index (χ0) is 8.10. The highest BCUT2D eigenvalue weighted by molar-refractivity contribution is 4.76. The fourth-order valence-electron chi connectivity index (χ4n) is 1.13. The summed E-state index contributed by atoms with van der Waals surface area (Å²) in [5.74, 6) is 0. The summed E-state index contributed by atoms with van der Waals surface area (Å²) >= 11 is 0. The van der Waals surface area contributed by atoms with Crippen molar-refractivity contribution in [3.05, 3.63) is 18.7 Å². The molecule has 2 N–H and O–H groups in total. The molecule has 1 unspecified atom stereocenters. The molecule has 0 amide bonds. The molecule has 0 radical (unpaired) electrons. The monoisotopic (exact) mass is 153 g/mol. The Labute approximate surface area is 67.2 Å². The highest BCUT2D eigenvalue weighted by Gasteiger charge is 2.00. The van der Waals surface area contributed by atoms with Gasteiger partial charge in [0.1, 0.15) is 0 Å². The van der Waals surface area contributed by atoms with E-state index in [4.69, 9.17) is 5.73 Å². The van der Waals surface area contributed by atoms with Gasteiger partial charge >= 0.3 is 0 Å². The summed E-state index contributed by atoms with van der Waals surface area (Å²) < 4.78 is 2.01. The van der Waals surface area contributed by atoms with E-state index in [1.807, 2.05) is 10.8 Å². The molecule has 0 fully saturated rings. The number of nitrogens with two attached hydrogens (primary N) is 1. The van der Waals surface area contributed by atoms with E-state index in [1.165, 1.54) is 0 Å². The smallest absolute Gasteiger partial charge is 0.0946 e. The first kappa shape index (κ1) is 8.27. The molecular formula is C8H15N3. The highest BCUT2D eigenvalue weighted by Crippen LogP contribution is 1.96. The number of hydrogen-bond acceptors (Lipinski definition) is 2. The average molecular weight is 153 g/mol. The predicted molar refractivity (Wildman–Crippen MR) is 45.1 cm³/mol. The van der Waals surface area contributed by atoms with Gasteiger partial charge in [-0.1, -0.05) is 13.3 Å². The van der Waals surface area contributed by atoms with Crippen LogP contribution in [0.3, 0.4) is 0 Å². The molecule has 1 aromatic rings. The molecule has 62 valence electrons. The molecule has 0 saturated carbocycles. The van der Waals surface area contributed by atoms with Crippen molar-refractivity contribution in [3.63, 3.8) is 0 Å². The van der Waals surface area contributed by atoms with E-state index in [1.54, 1.807) is 12.5 Å². The lowest BCUT2D eigenvalue weighted by atomic mass is 10.2. The van der Waals surface area contributed by atoms with Crippen LogP contribution >= 0.6 is 0 Å². The van der Waals surface area contributed by atoms with E-state index in [2.05, 4.69) is 11.9 Å². The van der Waals surface area contributed by atoms with E-state index in [9.17, 15) is 0 Å². The van der Waals surface area contributed by atoms with E-state index < -0.39 is 0 Å². The first-order chi connectivity index (χ1) is 5.33. The Morgan fingerprint density at radius 3 is 3.00 bits per heavy atom. The topological polar surface area (TPSA) is 43.8 Å². The van der Waals surface area contributed by atoms with E-state index in [0.29, 0.717) is 0 Å². The second kappa shape index (κ2) is 4.13. The van der Waals surface area contributed by atoms with Crippen LogP contribution in [0.2, 0.25) is 0 Å². The molecule has 0 aliphatic heterocycles. The Morgan fingerprint density at radius 1 is 1.64 bits per heavy atom. The van der Waals surface area contributed by atoms with Gasteiger partial charge in [0.2, 0.25) is 0 Å². The maximum atomic E-state index is 5.83. The van der Waals surface area contributed by atoms with Gasteiger partial charge in [-0.15, -0.1) is 0 Å². The van der Waals surface area contributed by atoms with Crippen molar-refractivity contribution in [1.29, 1.82) is 0 Å². The van der Waals surface area contributed by atoms with E-state index in [-0.39, 0.29) is 6.04 Å². The maximum absolute atomic E-state index is 5.83. The van der Waals surface area contributed by atoms with Crippen molar-refractivity contribution in [1.82, 2.24) is 9.55 Å². The van der Waals surface area contributed by atoms with Crippen LogP contribution in [0.4, 0.5) is 0 Å². The Morgan fingerprint density at radius 2 is 2.45 bits per heavy atom. The molecule has 3 heteroatoms. The number of hydrogen-bond donors (Lipinski definition) is 1. The molecule has 3 nitrogen and oxygen atoms in total. The third-order valence-corrected chi connectivity index (χ3v) is 1.66. The Kier molecular flexibility index (Phi) is 3.11. The molecule has 11 heavy (non-hydrogen) atoms. The van der Waals surface area contributed by atoms with Crippen LogP contribution in [0.5, 0.6) is 0 Å². The summed E-state index contributed by atoms with van der Waals surface area (Å²) in [5, 5.41) is 0. The minimum Gasteiger partial charge on any atom is -0.336 e. The third kappa shape index (κ3) is 2.72. The number of rotatable bonds is 4. The molecule has 0 bridgehead atoms. The minimum absolute atomic E-state index is 0.272. The second-order valence-electron chi connectivity index (χ2n) is 2.81. The normalized spacial score (nSPS) is 13.3. The maximum Gasteiger partial charge on any atom is 0.0946 e. The fraction of sp³-hybridized carbons (Fsp3) is 0.625. The van der Waals surface area contributed by atoms with Crippen LogP contribution in [-0.2, 0) is 6.54 Å². The zero-order valence-corrected chi connectivity index (χ0v) is 6.90. The average Bonchev–Trinajstić information content (AvgIpc) is 2.40. The molecule has 1 aromatic heterocycles. The Balaban J connectivity index is 2.31. The molecule has 0 aliphatic rings. The molecule has 1 rings (SSSR count). The quantitative estimate of drug-likeness (QED) is 0.701. The van der Waals surface area contributed by atoms with Gasteiger partial charge in [0.05, 0.1) is 6.33 Å². The number of imidazole rings is 1. The van der Waals surface area contributed by atoms with Crippen molar-refractivity contribution in [3.8, 4) is 0 Å². The molecule has 0 aromatic carbocycles. The van der Waals surface area contributed by atoms with Gasteiger partial charge in [0.25, 0.3) is 0 Å². The van der Waals surface area contributed by atoms with E-state index in [0.717, 1.165) is 19.4 Å². The Bertz CT molecular complexity index is 181. The van der Waals surface area contributed by atoms with Crippen LogP contribution in [0.1, 0.15) is 19.8 Å². The lowest BCUT2D eigenvalue weighted by Gasteiger charge is -2.09. The Hall–Kier alpha value is -0.830. The van der Waals surface area contributed by atoms with E-state index >= 15 is 0 Å². The second-order valence-corrected chi connectivity index (χ2v) is 2.81. The van der Waals surface area contributed by atoms with Gasteiger partial charge in [-0.2, -0.15) is 0 Å². The first-order valence-electron chi connectivity index (χ1n) is 4.04. The standard InChI is InChI=1S/C8H15N3/c1-2-3-8(9)6-11-5-4-10-7-11/h4-5,7-8H,2-3,6,9H2,1H3. The molecule has 1 heterocycles. The van der Waals surface area contributed by atoms with Crippen LogP contribution in [0.15, 0.2) is 18.7 Å². The lowest BCUT2D eigenvalue weighted by Crippen LogP contribution is -2.25. The van der Waals surface area contributed by atoms with Crippen molar-refractivity contribution >= 4 is 0 Å². The van der Waals surface area contributed by atoms with Crippen LogP contribution in [-0.4, -0.2) is 15.6 Å². The molecule has 1 atom stereocenters. The molecular weight excluding hydrogens is 138 g/mol. The van der Waals surface area contributed by atoms with Crippen molar-refractivity contribution in [2.75, 3.05) is 0 Å². The molecule has 0 spiro atoms. The SMILES string of the molecule is CCCC(N)Cn1ccnc1. The number of nitrogens with zero attached hydrogens (tertiary/aromatic N) is 2. The third-order valence-electron chi connectivity index (χ3n) is 1.66. The summed E-state index contributed by atoms with van der Waals surface area (Å²) in [6, 6.07) is 0.272. The summed E-state index contributed by atoms with van der Waals surface area (Å²) in [6.45, 7) is 3.03. The van der Waals surface area contributed by atoms with Gasteiger partial charge in [-0.05, 0) is 6.42 Å². The van der Waals surface area contributed by atoms with Gasteiger partial charge in [-0.25, -0.2) is 4.98 Å². The predicted octanol–water partition coefficient (Wildman–Crippen LogP) is 1.01. The van der Waals surface area contributed by atoms with Gasteiger partial charge in [0.15, 0.2) is 0 Å². The van der Waals surface area contributed by atoms with Crippen molar-refractivity contribution < 1.29 is 0 Å². The number of aromatic nitrogens is 2. The summed E-state index contributed by atoms with van der Waals surface area (Å²) in [6.07, 6.45) is 7.75. The van der Waals surface area contributed by atoms with Crippen molar-refractivity contribution in [2.24, 2.45) is 5.73 Å². The lowest BCUT2D eigenvalue weighted by molar-refractivity contribution is 0.514. The zero-order valence-electron chi connectivity index (χ0n) is 6.90.